The highest BCUT2D eigenvalue weighted by Crippen LogP contribution is 2.21. The van der Waals surface area contributed by atoms with Gasteiger partial charge in [-0.3, -0.25) is 14.3 Å². The number of likely N-dealkylation sites (tertiary alicyclic amines) is 1. The molecule has 0 aliphatic carbocycles. The first-order valence-corrected chi connectivity index (χ1v) is 11.2. The van der Waals surface area contributed by atoms with Crippen LogP contribution in [0.25, 0.3) is 0 Å². The number of nitrogens with one attached hydrogen (secondary N) is 2. The van der Waals surface area contributed by atoms with Gasteiger partial charge in [0.05, 0.1) is 4.90 Å². The van der Waals surface area contributed by atoms with Crippen molar-refractivity contribution in [3.05, 3.63) is 72.8 Å². The van der Waals surface area contributed by atoms with Crippen molar-refractivity contribution in [1.82, 2.24) is 10.2 Å². The summed E-state index contributed by atoms with van der Waals surface area (Å²) < 4.78 is 27.3. The van der Waals surface area contributed by atoms with Gasteiger partial charge in [-0.1, -0.05) is 24.3 Å². The van der Waals surface area contributed by atoms with Gasteiger partial charge in [0.15, 0.2) is 0 Å². The molecule has 1 aliphatic rings. The SMILES string of the molecule is C=CCNC(=O)C1CCN(C(=O)c2ccc(NS(=O)(=O)c3ccccc3)cc2)CC1. The zero-order chi connectivity index (χ0) is 21.6. The van der Waals surface area contributed by atoms with Crippen molar-refractivity contribution >= 4 is 27.5 Å². The monoisotopic (exact) mass is 427 g/mol. The molecule has 2 N–H and O–H groups in total. The van der Waals surface area contributed by atoms with E-state index in [-0.39, 0.29) is 22.6 Å². The highest BCUT2D eigenvalue weighted by Gasteiger charge is 2.27. The predicted octanol–water partition coefficient (Wildman–Crippen LogP) is 2.64. The van der Waals surface area contributed by atoms with Gasteiger partial charge in [-0.05, 0) is 49.2 Å². The zero-order valence-electron chi connectivity index (χ0n) is 16.6. The molecule has 7 nitrogen and oxygen atoms in total. The Bertz CT molecular complexity index is 996. The van der Waals surface area contributed by atoms with Gasteiger partial charge in [0.25, 0.3) is 15.9 Å². The van der Waals surface area contributed by atoms with E-state index in [1.165, 1.54) is 12.1 Å². The van der Waals surface area contributed by atoms with Gasteiger partial charge in [-0.2, -0.15) is 0 Å². The molecule has 2 aromatic rings. The number of hydrogen-bond acceptors (Lipinski definition) is 4. The second-order valence-corrected chi connectivity index (χ2v) is 8.78. The maximum atomic E-state index is 12.7. The van der Waals surface area contributed by atoms with Gasteiger partial charge >= 0.3 is 0 Å². The average Bonchev–Trinajstić information content (AvgIpc) is 2.78. The Labute approximate surface area is 176 Å². The largest absolute Gasteiger partial charge is 0.352 e. The molecule has 2 aromatic carbocycles. The van der Waals surface area contributed by atoms with E-state index in [1.807, 2.05) is 0 Å². The van der Waals surface area contributed by atoms with Gasteiger partial charge < -0.3 is 10.2 Å². The number of sulfonamides is 1. The normalized spacial score (nSPS) is 14.7. The maximum Gasteiger partial charge on any atom is 0.261 e. The molecule has 0 atom stereocenters. The number of rotatable bonds is 7. The summed E-state index contributed by atoms with van der Waals surface area (Å²) in [5.74, 6) is -0.224. The molecule has 1 aliphatic heterocycles. The number of nitrogens with zero attached hydrogens (tertiary/aromatic N) is 1. The minimum Gasteiger partial charge on any atom is -0.352 e. The molecule has 8 heteroatoms. The lowest BCUT2D eigenvalue weighted by Crippen LogP contribution is -2.43. The van der Waals surface area contributed by atoms with Crippen LogP contribution < -0.4 is 10.0 Å². The predicted molar refractivity (Wildman–Crippen MR) is 116 cm³/mol. The lowest BCUT2D eigenvalue weighted by molar-refractivity contribution is -0.126. The number of hydrogen-bond donors (Lipinski definition) is 2. The van der Waals surface area contributed by atoms with Crippen LogP contribution in [0.1, 0.15) is 23.2 Å². The van der Waals surface area contributed by atoms with Crippen molar-refractivity contribution in [3.63, 3.8) is 0 Å². The summed E-state index contributed by atoms with van der Waals surface area (Å²) in [4.78, 5) is 26.7. The minimum atomic E-state index is -3.68. The molecule has 0 bridgehead atoms. The van der Waals surface area contributed by atoms with Crippen LogP contribution in [0.4, 0.5) is 5.69 Å². The van der Waals surface area contributed by atoms with Crippen molar-refractivity contribution in [2.24, 2.45) is 5.92 Å². The topological polar surface area (TPSA) is 95.6 Å². The average molecular weight is 428 g/mol. The molecule has 1 fully saturated rings. The third-order valence-electron chi connectivity index (χ3n) is 5.01. The van der Waals surface area contributed by atoms with Crippen molar-refractivity contribution in [2.75, 3.05) is 24.4 Å². The molecule has 1 heterocycles. The molecule has 0 spiro atoms. The summed E-state index contributed by atoms with van der Waals surface area (Å²) >= 11 is 0. The molecule has 2 amide bonds. The first-order valence-electron chi connectivity index (χ1n) is 9.76. The van der Waals surface area contributed by atoms with Crippen LogP contribution >= 0.6 is 0 Å². The van der Waals surface area contributed by atoms with Gasteiger partial charge in [-0.25, -0.2) is 8.42 Å². The molecule has 158 valence electrons. The second-order valence-electron chi connectivity index (χ2n) is 7.10. The number of carbonyl (C=O) groups is 2. The van der Waals surface area contributed by atoms with Crippen molar-refractivity contribution in [1.29, 1.82) is 0 Å². The first-order chi connectivity index (χ1) is 14.4. The van der Waals surface area contributed by atoms with Crippen molar-refractivity contribution in [3.8, 4) is 0 Å². The van der Waals surface area contributed by atoms with Gasteiger partial charge in [0.1, 0.15) is 0 Å². The number of carbonyl (C=O) groups excluding carboxylic acids is 2. The second kappa shape index (κ2) is 9.58. The molecule has 3 rings (SSSR count). The van der Waals surface area contributed by atoms with Crippen LogP contribution in [0.3, 0.4) is 0 Å². The summed E-state index contributed by atoms with van der Waals surface area (Å²) in [6.07, 6.45) is 2.87. The third-order valence-corrected chi connectivity index (χ3v) is 6.41. The Hall–Kier alpha value is -3.13. The Morgan fingerprint density at radius 2 is 1.67 bits per heavy atom. The van der Waals surface area contributed by atoms with Gasteiger partial charge in [-0.15, -0.1) is 6.58 Å². The number of piperidine rings is 1. The van der Waals surface area contributed by atoms with E-state index in [4.69, 9.17) is 0 Å². The van der Waals surface area contributed by atoms with Crippen molar-refractivity contribution < 1.29 is 18.0 Å². The molecule has 30 heavy (non-hydrogen) atoms. The quantitative estimate of drug-likeness (QED) is 0.664. The summed E-state index contributed by atoms with van der Waals surface area (Å²) in [7, 11) is -3.68. The smallest absolute Gasteiger partial charge is 0.261 e. The molecule has 1 saturated heterocycles. The van der Waals surface area contributed by atoms with Crippen LogP contribution in [-0.4, -0.2) is 44.8 Å². The van der Waals surface area contributed by atoms with Gasteiger partial charge in [0.2, 0.25) is 5.91 Å². The Kier molecular flexibility index (Phi) is 6.89. The minimum absolute atomic E-state index is 0.00273. The maximum absolute atomic E-state index is 12.7. The fourth-order valence-corrected chi connectivity index (χ4v) is 4.42. The third kappa shape index (κ3) is 5.27. The number of amides is 2. The highest BCUT2D eigenvalue weighted by atomic mass is 32.2. The van der Waals surface area contributed by atoms with E-state index in [0.717, 1.165) is 0 Å². The van der Waals surface area contributed by atoms with E-state index >= 15 is 0 Å². The lowest BCUT2D eigenvalue weighted by atomic mass is 9.95. The Morgan fingerprint density at radius 1 is 1.03 bits per heavy atom. The molecular weight excluding hydrogens is 402 g/mol. The molecule has 0 aromatic heterocycles. The fourth-order valence-electron chi connectivity index (χ4n) is 3.34. The van der Waals surface area contributed by atoms with Crippen LogP contribution in [0.2, 0.25) is 0 Å². The van der Waals surface area contributed by atoms with E-state index in [1.54, 1.807) is 53.4 Å². The van der Waals surface area contributed by atoms with Crippen LogP contribution in [0, 0.1) is 5.92 Å². The Morgan fingerprint density at radius 3 is 2.27 bits per heavy atom. The molecule has 0 unspecified atom stereocenters. The number of anilines is 1. The first kappa shape index (κ1) is 21.6. The highest BCUT2D eigenvalue weighted by molar-refractivity contribution is 7.92. The zero-order valence-corrected chi connectivity index (χ0v) is 17.4. The summed E-state index contributed by atoms with van der Waals surface area (Å²) in [6, 6.07) is 14.4. The van der Waals surface area contributed by atoms with Crippen LogP contribution in [-0.2, 0) is 14.8 Å². The van der Waals surface area contributed by atoms with Crippen LogP contribution in [0.15, 0.2) is 72.1 Å². The summed E-state index contributed by atoms with van der Waals surface area (Å²) in [5, 5.41) is 2.80. The van der Waals surface area contributed by atoms with Crippen LogP contribution in [0.5, 0.6) is 0 Å². The van der Waals surface area contributed by atoms with Crippen molar-refractivity contribution in [2.45, 2.75) is 17.7 Å². The summed E-state index contributed by atoms with van der Waals surface area (Å²) in [5.41, 5.74) is 0.861. The number of benzene rings is 2. The van der Waals surface area contributed by atoms with Gasteiger partial charge in [0, 0.05) is 36.8 Å². The fraction of sp³-hybridized carbons (Fsp3) is 0.273. The van der Waals surface area contributed by atoms with E-state index in [2.05, 4.69) is 16.6 Å². The standard InChI is InChI=1S/C22H25N3O4S/c1-2-14-23-21(26)17-12-15-25(16-13-17)22(27)18-8-10-19(11-9-18)24-30(28,29)20-6-4-3-5-7-20/h2-11,17,24H,1,12-16H2,(H,23,26). The van der Waals surface area contributed by atoms with E-state index in [0.29, 0.717) is 43.7 Å². The summed E-state index contributed by atoms with van der Waals surface area (Å²) in [6.45, 7) is 5.04. The van der Waals surface area contributed by atoms with E-state index in [9.17, 15) is 18.0 Å². The Balaban J connectivity index is 1.58. The lowest BCUT2D eigenvalue weighted by Gasteiger charge is -2.31. The van der Waals surface area contributed by atoms with E-state index < -0.39 is 10.0 Å². The molecular formula is C22H25N3O4S. The molecule has 0 radical (unpaired) electrons. The molecule has 0 saturated carbocycles.